The number of aryl methyl sites for hydroxylation is 1. The van der Waals surface area contributed by atoms with Gasteiger partial charge in [-0.2, -0.15) is 0 Å². The Morgan fingerprint density at radius 1 is 1.00 bits per heavy atom. The predicted octanol–water partition coefficient (Wildman–Crippen LogP) is 2.25. The molecule has 1 rings (SSSR count). The molecule has 0 aliphatic heterocycles. The molecule has 1 aromatic rings. The highest BCUT2D eigenvalue weighted by Crippen LogP contribution is 2.04. The first kappa shape index (κ1) is 15.8. The van der Waals surface area contributed by atoms with Gasteiger partial charge in [0.05, 0.1) is 13.2 Å². The summed E-state index contributed by atoms with van der Waals surface area (Å²) in [6.07, 6.45) is 0.874. The molecule has 4 nitrogen and oxygen atoms in total. The van der Waals surface area contributed by atoms with Crippen LogP contribution in [0.4, 0.5) is 0 Å². The highest BCUT2D eigenvalue weighted by molar-refractivity contribution is 5.97. The maximum atomic E-state index is 11.7. The van der Waals surface area contributed by atoms with Crippen LogP contribution in [0.1, 0.15) is 22.3 Å². The van der Waals surface area contributed by atoms with Crippen LogP contribution in [0.5, 0.6) is 0 Å². The minimum absolute atomic E-state index is 0.000571. The van der Waals surface area contributed by atoms with Crippen molar-refractivity contribution in [3.63, 3.8) is 0 Å². The Kier molecular flexibility index (Phi) is 8.05. The van der Waals surface area contributed by atoms with Gasteiger partial charge >= 0.3 is 0 Å². The summed E-state index contributed by atoms with van der Waals surface area (Å²) >= 11 is 0. The zero-order valence-electron chi connectivity index (χ0n) is 11.7. The number of hydrogen-bond donors (Lipinski definition) is 0. The van der Waals surface area contributed by atoms with Crippen LogP contribution in [-0.4, -0.2) is 45.9 Å². The number of rotatable bonds is 10. The van der Waals surface area contributed by atoms with Gasteiger partial charge in [-0.3, -0.25) is 4.79 Å². The van der Waals surface area contributed by atoms with Crippen LogP contribution < -0.4 is 0 Å². The average molecular weight is 266 g/mol. The first-order chi connectivity index (χ1) is 9.24. The molecule has 0 aromatic heterocycles. The van der Waals surface area contributed by atoms with Gasteiger partial charge in [0.2, 0.25) is 0 Å². The van der Waals surface area contributed by atoms with E-state index in [1.165, 1.54) is 0 Å². The van der Waals surface area contributed by atoms with Gasteiger partial charge in [-0.15, -0.1) is 0 Å². The number of benzene rings is 1. The molecule has 4 heteroatoms. The van der Waals surface area contributed by atoms with Crippen molar-refractivity contribution in [1.82, 2.24) is 0 Å². The highest BCUT2D eigenvalue weighted by Gasteiger charge is 2.04. The van der Waals surface area contributed by atoms with E-state index in [4.69, 9.17) is 14.2 Å². The smallest absolute Gasteiger partial charge is 0.188 e. The van der Waals surface area contributed by atoms with Crippen LogP contribution in [0.2, 0.25) is 0 Å². The molecular weight excluding hydrogens is 244 g/mol. The second kappa shape index (κ2) is 9.67. The first-order valence-corrected chi connectivity index (χ1v) is 6.48. The van der Waals surface area contributed by atoms with Crippen molar-refractivity contribution in [2.45, 2.75) is 13.3 Å². The van der Waals surface area contributed by atoms with Crippen LogP contribution in [-0.2, 0) is 14.2 Å². The van der Waals surface area contributed by atoms with E-state index in [0.717, 1.165) is 12.0 Å². The van der Waals surface area contributed by atoms with E-state index in [2.05, 4.69) is 0 Å². The normalized spacial score (nSPS) is 10.6. The average Bonchev–Trinajstić information content (AvgIpc) is 2.42. The number of ether oxygens (including phenoxy) is 3. The Labute approximate surface area is 114 Å². The van der Waals surface area contributed by atoms with Gasteiger partial charge < -0.3 is 14.2 Å². The lowest BCUT2D eigenvalue weighted by atomic mass is 10.1. The van der Waals surface area contributed by atoms with Gasteiger partial charge in [0.15, 0.2) is 5.78 Å². The summed E-state index contributed by atoms with van der Waals surface area (Å²) in [7, 11) is 1.67. The number of carbonyl (C=O) groups excluding carboxylic acids is 1. The van der Waals surface area contributed by atoms with Crippen molar-refractivity contribution >= 4 is 5.78 Å². The van der Waals surface area contributed by atoms with Gasteiger partial charge in [0.25, 0.3) is 0 Å². The number of Topliss-reactive ketones (excluding diaryl/α,β-unsaturated/α-hetero) is 1. The van der Waals surface area contributed by atoms with Crippen LogP contribution in [0, 0.1) is 6.92 Å². The van der Waals surface area contributed by atoms with Crippen LogP contribution in [0.25, 0.3) is 0 Å². The van der Waals surface area contributed by atoms with Crippen molar-refractivity contribution in [3.05, 3.63) is 35.4 Å². The van der Waals surface area contributed by atoms with Crippen molar-refractivity contribution < 1.29 is 19.0 Å². The maximum absolute atomic E-state index is 11.7. The molecular formula is C15H22O4. The predicted molar refractivity (Wildman–Crippen MR) is 73.6 cm³/mol. The summed E-state index contributed by atoms with van der Waals surface area (Å²) < 4.78 is 15.5. The highest BCUT2D eigenvalue weighted by atomic mass is 16.5. The minimum Gasteiger partial charge on any atom is -0.385 e. The third-order valence-electron chi connectivity index (χ3n) is 2.62. The third-order valence-corrected chi connectivity index (χ3v) is 2.62. The Morgan fingerprint density at radius 2 is 1.68 bits per heavy atom. The molecule has 0 fully saturated rings. The quantitative estimate of drug-likeness (QED) is 0.481. The third kappa shape index (κ3) is 7.06. The van der Waals surface area contributed by atoms with E-state index < -0.39 is 0 Å². The van der Waals surface area contributed by atoms with Gasteiger partial charge in [-0.05, 0) is 13.3 Å². The minimum atomic E-state index is -0.000571. The second-order valence-electron chi connectivity index (χ2n) is 4.30. The fourth-order valence-electron chi connectivity index (χ4n) is 1.51. The van der Waals surface area contributed by atoms with Gasteiger partial charge in [0.1, 0.15) is 6.61 Å². The molecule has 0 aliphatic carbocycles. The molecule has 0 spiro atoms. The maximum Gasteiger partial charge on any atom is 0.188 e. The van der Waals surface area contributed by atoms with Gasteiger partial charge in [0, 0.05) is 25.9 Å². The summed E-state index contributed by atoms with van der Waals surface area (Å²) in [5.74, 6) is -0.000571. The van der Waals surface area contributed by atoms with Crippen molar-refractivity contribution in [3.8, 4) is 0 Å². The lowest BCUT2D eigenvalue weighted by molar-refractivity contribution is 0.0382. The monoisotopic (exact) mass is 266 g/mol. The largest absolute Gasteiger partial charge is 0.385 e. The summed E-state index contributed by atoms with van der Waals surface area (Å²) in [5.41, 5.74) is 1.83. The lowest BCUT2D eigenvalue weighted by Crippen LogP contribution is -2.13. The number of carbonyl (C=O) groups is 1. The van der Waals surface area contributed by atoms with E-state index in [-0.39, 0.29) is 12.4 Å². The topological polar surface area (TPSA) is 44.8 Å². The molecule has 0 unspecified atom stereocenters. The standard InChI is InChI=1S/C15H22O4/c1-13-4-6-14(7-5-13)15(16)12-19-11-10-18-9-3-8-17-2/h4-7H,3,8-12H2,1-2H3. The Morgan fingerprint density at radius 3 is 2.37 bits per heavy atom. The summed E-state index contributed by atoms with van der Waals surface area (Å²) in [5, 5.41) is 0. The molecule has 0 saturated carbocycles. The molecule has 0 aliphatic rings. The Hall–Kier alpha value is -1.23. The molecule has 0 amide bonds. The van der Waals surface area contributed by atoms with Gasteiger partial charge in [-0.25, -0.2) is 0 Å². The van der Waals surface area contributed by atoms with Gasteiger partial charge in [-0.1, -0.05) is 29.8 Å². The molecule has 0 atom stereocenters. The molecule has 0 bridgehead atoms. The Balaban J connectivity index is 2.06. The van der Waals surface area contributed by atoms with Crippen molar-refractivity contribution in [2.75, 3.05) is 40.1 Å². The first-order valence-electron chi connectivity index (χ1n) is 6.48. The van der Waals surface area contributed by atoms with E-state index in [1.54, 1.807) is 7.11 Å². The summed E-state index contributed by atoms with van der Waals surface area (Å²) in [6, 6.07) is 7.49. The zero-order chi connectivity index (χ0) is 13.9. The Bertz CT molecular complexity index is 359. The van der Waals surface area contributed by atoms with Crippen LogP contribution in [0.15, 0.2) is 24.3 Å². The van der Waals surface area contributed by atoms with Crippen LogP contribution >= 0.6 is 0 Å². The SMILES string of the molecule is COCCCOCCOCC(=O)c1ccc(C)cc1. The zero-order valence-corrected chi connectivity index (χ0v) is 11.7. The summed E-state index contributed by atoms with van der Waals surface area (Å²) in [6.45, 7) is 4.39. The molecule has 0 heterocycles. The van der Waals surface area contributed by atoms with E-state index >= 15 is 0 Å². The lowest BCUT2D eigenvalue weighted by Gasteiger charge is -2.05. The molecule has 106 valence electrons. The summed E-state index contributed by atoms with van der Waals surface area (Å²) in [4.78, 5) is 11.7. The molecule has 19 heavy (non-hydrogen) atoms. The van der Waals surface area contributed by atoms with E-state index in [0.29, 0.717) is 32.0 Å². The molecule has 1 aromatic carbocycles. The fraction of sp³-hybridized carbons (Fsp3) is 0.533. The molecule has 0 saturated heterocycles. The van der Waals surface area contributed by atoms with E-state index in [9.17, 15) is 4.79 Å². The van der Waals surface area contributed by atoms with Crippen molar-refractivity contribution in [1.29, 1.82) is 0 Å². The molecule has 0 radical (unpaired) electrons. The number of methoxy groups -OCH3 is 1. The second-order valence-corrected chi connectivity index (χ2v) is 4.30. The molecule has 0 N–H and O–H groups in total. The van der Waals surface area contributed by atoms with E-state index in [1.807, 2.05) is 31.2 Å². The fourth-order valence-corrected chi connectivity index (χ4v) is 1.51. The van der Waals surface area contributed by atoms with Crippen molar-refractivity contribution in [2.24, 2.45) is 0 Å². The number of ketones is 1. The number of hydrogen-bond acceptors (Lipinski definition) is 4. The van der Waals surface area contributed by atoms with Crippen LogP contribution in [0.3, 0.4) is 0 Å².